The maximum Gasteiger partial charge on any atom is 0.238 e. The number of benzene rings is 3. The molecule has 0 bridgehead atoms. The first-order valence-electron chi connectivity index (χ1n) is 9.87. The Morgan fingerprint density at radius 2 is 1.69 bits per heavy atom. The molecular formula is C23H22N4O3S2. The fourth-order valence-electron chi connectivity index (χ4n) is 3.21. The second-order valence-corrected chi connectivity index (χ2v) is 10.2. The molecular weight excluding hydrogens is 444 g/mol. The second-order valence-electron chi connectivity index (χ2n) is 7.37. The number of hydrogen-bond acceptors (Lipinski definition) is 5. The van der Waals surface area contributed by atoms with E-state index >= 15 is 0 Å². The average molecular weight is 467 g/mol. The van der Waals surface area contributed by atoms with Crippen molar-refractivity contribution in [3.8, 4) is 5.69 Å². The van der Waals surface area contributed by atoms with Gasteiger partial charge in [-0.1, -0.05) is 41.6 Å². The maximum absolute atomic E-state index is 12.8. The molecule has 0 aliphatic carbocycles. The Bertz CT molecular complexity index is 1380. The molecule has 1 unspecified atom stereocenters. The van der Waals surface area contributed by atoms with Gasteiger partial charge in [-0.25, -0.2) is 18.5 Å². The number of carbonyl (C=O) groups is 1. The highest BCUT2D eigenvalue weighted by molar-refractivity contribution is 8.00. The Morgan fingerprint density at radius 1 is 1.03 bits per heavy atom. The number of thioether (sulfide) groups is 1. The summed E-state index contributed by atoms with van der Waals surface area (Å²) in [6.07, 6.45) is 0. The van der Waals surface area contributed by atoms with Gasteiger partial charge in [0.2, 0.25) is 15.9 Å². The average Bonchev–Trinajstić information content (AvgIpc) is 3.12. The zero-order valence-electron chi connectivity index (χ0n) is 17.5. The molecule has 164 valence electrons. The molecule has 0 radical (unpaired) electrons. The molecule has 0 aliphatic rings. The van der Waals surface area contributed by atoms with Gasteiger partial charge in [0.15, 0.2) is 5.16 Å². The Morgan fingerprint density at radius 3 is 2.34 bits per heavy atom. The predicted molar refractivity (Wildman–Crippen MR) is 128 cm³/mol. The number of amides is 1. The molecule has 1 amide bonds. The number of para-hydroxylation sites is 2. The first-order chi connectivity index (χ1) is 15.2. The van der Waals surface area contributed by atoms with Crippen molar-refractivity contribution < 1.29 is 13.2 Å². The third-order valence-electron chi connectivity index (χ3n) is 4.92. The van der Waals surface area contributed by atoms with E-state index in [0.29, 0.717) is 10.8 Å². The van der Waals surface area contributed by atoms with Gasteiger partial charge in [-0.15, -0.1) is 0 Å². The number of hydrogen-bond donors (Lipinski definition) is 2. The summed E-state index contributed by atoms with van der Waals surface area (Å²) in [6.45, 7) is 3.84. The minimum atomic E-state index is -3.78. The summed E-state index contributed by atoms with van der Waals surface area (Å²) in [5, 5.41) is 8.19. The summed E-state index contributed by atoms with van der Waals surface area (Å²) < 4.78 is 24.8. The van der Waals surface area contributed by atoms with Crippen LogP contribution in [0.3, 0.4) is 0 Å². The van der Waals surface area contributed by atoms with E-state index in [1.54, 1.807) is 6.92 Å². The van der Waals surface area contributed by atoms with Gasteiger partial charge >= 0.3 is 0 Å². The van der Waals surface area contributed by atoms with Gasteiger partial charge in [-0.3, -0.25) is 9.36 Å². The van der Waals surface area contributed by atoms with E-state index in [-0.39, 0.29) is 10.8 Å². The molecule has 1 aromatic heterocycles. The molecule has 3 aromatic carbocycles. The number of nitrogens with one attached hydrogen (secondary N) is 1. The molecule has 1 atom stereocenters. The topological polar surface area (TPSA) is 107 Å². The number of nitrogens with two attached hydrogens (primary N) is 1. The van der Waals surface area contributed by atoms with E-state index < -0.39 is 15.3 Å². The van der Waals surface area contributed by atoms with Gasteiger partial charge in [0, 0.05) is 11.4 Å². The number of anilines is 1. The Kier molecular flexibility index (Phi) is 6.05. The van der Waals surface area contributed by atoms with Crippen LogP contribution in [0.1, 0.15) is 12.5 Å². The van der Waals surface area contributed by atoms with Crippen LogP contribution in [-0.2, 0) is 14.8 Å². The van der Waals surface area contributed by atoms with Crippen LogP contribution >= 0.6 is 11.8 Å². The number of aryl methyl sites for hydroxylation is 1. The number of carbonyl (C=O) groups excluding carboxylic acids is 1. The van der Waals surface area contributed by atoms with Gasteiger partial charge in [0.25, 0.3) is 0 Å². The summed E-state index contributed by atoms with van der Waals surface area (Å²) in [4.78, 5) is 17.5. The SMILES string of the molecule is Cc1ccc(-n2c(SC(C)C(=O)Nc3ccc(S(N)(=O)=O)cc3)nc3ccccc32)cc1. The minimum Gasteiger partial charge on any atom is -0.325 e. The number of aromatic nitrogens is 2. The highest BCUT2D eigenvalue weighted by Crippen LogP contribution is 2.31. The molecule has 0 spiro atoms. The van der Waals surface area contributed by atoms with Crippen LogP contribution < -0.4 is 10.5 Å². The molecule has 9 heteroatoms. The van der Waals surface area contributed by atoms with Gasteiger partial charge in [0.1, 0.15) is 0 Å². The van der Waals surface area contributed by atoms with Gasteiger partial charge in [-0.2, -0.15) is 0 Å². The van der Waals surface area contributed by atoms with Crippen molar-refractivity contribution in [3.63, 3.8) is 0 Å². The third-order valence-corrected chi connectivity index (χ3v) is 6.91. The number of sulfonamides is 1. The van der Waals surface area contributed by atoms with Crippen molar-refractivity contribution >= 4 is 44.4 Å². The lowest BCUT2D eigenvalue weighted by molar-refractivity contribution is -0.115. The molecule has 0 fully saturated rings. The smallest absolute Gasteiger partial charge is 0.238 e. The lowest BCUT2D eigenvalue weighted by Gasteiger charge is -2.14. The van der Waals surface area contributed by atoms with E-state index in [1.165, 1.54) is 36.0 Å². The largest absolute Gasteiger partial charge is 0.325 e. The van der Waals surface area contributed by atoms with Crippen molar-refractivity contribution in [2.75, 3.05) is 5.32 Å². The highest BCUT2D eigenvalue weighted by Gasteiger charge is 2.20. The Balaban J connectivity index is 1.58. The standard InChI is InChI=1S/C23H22N4O3S2/c1-15-7-11-18(12-8-15)27-21-6-4-3-5-20(21)26-23(27)31-16(2)22(28)25-17-9-13-19(14-10-17)32(24,29)30/h3-14,16H,1-2H3,(H,25,28)(H2,24,29,30). The van der Waals surface area contributed by atoms with Crippen molar-refractivity contribution in [3.05, 3.63) is 78.4 Å². The van der Waals surface area contributed by atoms with Gasteiger partial charge < -0.3 is 5.32 Å². The molecule has 3 N–H and O–H groups in total. The Hall–Kier alpha value is -3.14. The van der Waals surface area contributed by atoms with E-state index in [4.69, 9.17) is 10.1 Å². The van der Waals surface area contributed by atoms with Crippen LogP contribution in [0.4, 0.5) is 5.69 Å². The maximum atomic E-state index is 12.8. The van der Waals surface area contributed by atoms with Crippen molar-refractivity contribution in [1.29, 1.82) is 0 Å². The van der Waals surface area contributed by atoms with Crippen LogP contribution in [0.25, 0.3) is 16.7 Å². The molecule has 1 heterocycles. The van der Waals surface area contributed by atoms with Crippen LogP contribution in [0, 0.1) is 6.92 Å². The molecule has 7 nitrogen and oxygen atoms in total. The zero-order chi connectivity index (χ0) is 22.9. The van der Waals surface area contributed by atoms with E-state index in [2.05, 4.69) is 5.32 Å². The lowest BCUT2D eigenvalue weighted by Crippen LogP contribution is -2.23. The number of primary sulfonamides is 1. The van der Waals surface area contributed by atoms with E-state index in [9.17, 15) is 13.2 Å². The van der Waals surface area contributed by atoms with E-state index in [1.807, 2.05) is 60.0 Å². The van der Waals surface area contributed by atoms with Crippen LogP contribution in [-0.4, -0.2) is 29.1 Å². The minimum absolute atomic E-state index is 0.00950. The first kappa shape index (κ1) is 22.1. The summed E-state index contributed by atoms with van der Waals surface area (Å²) >= 11 is 1.35. The fraction of sp³-hybridized carbons (Fsp3) is 0.130. The number of nitrogens with zero attached hydrogens (tertiary/aromatic N) is 2. The number of rotatable bonds is 6. The summed E-state index contributed by atoms with van der Waals surface area (Å²) in [5.74, 6) is -0.221. The van der Waals surface area contributed by atoms with Crippen LogP contribution in [0.5, 0.6) is 0 Å². The molecule has 4 rings (SSSR count). The summed E-state index contributed by atoms with van der Waals surface area (Å²) in [6, 6.07) is 21.7. The van der Waals surface area contributed by atoms with Crippen molar-refractivity contribution in [2.24, 2.45) is 5.14 Å². The molecule has 0 aliphatic heterocycles. The molecule has 0 saturated carbocycles. The second kappa shape index (κ2) is 8.78. The summed E-state index contributed by atoms with van der Waals surface area (Å²) in [7, 11) is -3.78. The quantitative estimate of drug-likeness (QED) is 0.416. The number of imidazole rings is 1. The first-order valence-corrected chi connectivity index (χ1v) is 12.3. The van der Waals surface area contributed by atoms with Gasteiger partial charge in [0.05, 0.1) is 21.2 Å². The molecule has 4 aromatic rings. The van der Waals surface area contributed by atoms with E-state index in [0.717, 1.165) is 22.3 Å². The zero-order valence-corrected chi connectivity index (χ0v) is 19.2. The number of fused-ring (bicyclic) bond motifs is 1. The fourth-order valence-corrected chi connectivity index (χ4v) is 4.67. The Labute approximate surface area is 190 Å². The summed E-state index contributed by atoms with van der Waals surface area (Å²) in [5.41, 5.74) is 4.43. The molecule has 0 saturated heterocycles. The lowest BCUT2D eigenvalue weighted by atomic mass is 10.2. The normalized spacial score (nSPS) is 12.6. The van der Waals surface area contributed by atoms with Crippen LogP contribution in [0.2, 0.25) is 0 Å². The molecule has 32 heavy (non-hydrogen) atoms. The van der Waals surface area contributed by atoms with Crippen molar-refractivity contribution in [2.45, 2.75) is 29.1 Å². The van der Waals surface area contributed by atoms with Crippen LogP contribution in [0.15, 0.2) is 82.8 Å². The third kappa shape index (κ3) is 4.69. The highest BCUT2D eigenvalue weighted by atomic mass is 32.2. The van der Waals surface area contributed by atoms with Gasteiger partial charge in [-0.05, 0) is 62.4 Å². The van der Waals surface area contributed by atoms with Crippen molar-refractivity contribution in [1.82, 2.24) is 9.55 Å². The monoisotopic (exact) mass is 466 g/mol. The predicted octanol–water partition coefficient (Wildman–Crippen LogP) is 4.10.